The number of hydrogen-bond acceptors (Lipinski definition) is 4. The topological polar surface area (TPSA) is 50.5 Å². The van der Waals surface area contributed by atoms with Gasteiger partial charge in [-0.15, -0.1) is 0 Å². The molecule has 0 N–H and O–H groups in total. The van der Waals surface area contributed by atoms with Crippen molar-refractivity contribution in [1.82, 2.24) is 19.5 Å². The first-order chi connectivity index (χ1) is 9.69. The molecule has 5 nitrogen and oxygen atoms in total. The normalized spacial score (nSPS) is 17.9. The highest BCUT2D eigenvalue weighted by Gasteiger charge is 2.25. The first-order valence-corrected chi connectivity index (χ1v) is 7.24. The van der Waals surface area contributed by atoms with Crippen molar-refractivity contribution in [3.05, 3.63) is 29.7 Å². The van der Waals surface area contributed by atoms with Crippen LogP contribution in [0.25, 0.3) is 5.65 Å². The number of pyridine rings is 1. The van der Waals surface area contributed by atoms with Crippen LogP contribution in [0.4, 0.5) is 0 Å². The lowest BCUT2D eigenvalue weighted by atomic mass is 9.95. The number of aromatic nitrogens is 3. The summed E-state index contributed by atoms with van der Waals surface area (Å²) in [6.45, 7) is 6.66. The quantitative estimate of drug-likeness (QED) is 0.803. The Morgan fingerprint density at radius 2 is 2.05 bits per heavy atom. The van der Waals surface area contributed by atoms with Crippen LogP contribution in [0.1, 0.15) is 48.9 Å². The standard InChI is InChI=1S/C15H20N4O/c1-11(2)18-8-6-12(7-9-18)15-16-14-5-3-4-13(10-20)19(14)17-15/h3-5,10-12H,6-9H2,1-2H3. The molecule has 0 atom stereocenters. The summed E-state index contributed by atoms with van der Waals surface area (Å²) in [5, 5.41) is 4.53. The van der Waals surface area contributed by atoms with E-state index in [1.807, 2.05) is 12.1 Å². The highest BCUT2D eigenvalue weighted by Crippen LogP contribution is 2.27. The molecule has 0 radical (unpaired) electrons. The number of rotatable bonds is 3. The van der Waals surface area contributed by atoms with Gasteiger partial charge in [-0.25, -0.2) is 9.50 Å². The Morgan fingerprint density at radius 3 is 2.70 bits per heavy atom. The summed E-state index contributed by atoms with van der Waals surface area (Å²) in [5.74, 6) is 1.28. The highest BCUT2D eigenvalue weighted by molar-refractivity contribution is 5.73. The lowest BCUT2D eigenvalue weighted by Crippen LogP contribution is -2.38. The van der Waals surface area contributed by atoms with E-state index in [0.717, 1.165) is 43.7 Å². The van der Waals surface area contributed by atoms with Crippen LogP contribution in [0.15, 0.2) is 18.2 Å². The number of aldehydes is 1. The molecule has 1 saturated heterocycles. The number of nitrogens with zero attached hydrogens (tertiary/aromatic N) is 4. The van der Waals surface area contributed by atoms with E-state index in [9.17, 15) is 4.79 Å². The van der Waals surface area contributed by atoms with Crippen molar-refractivity contribution in [2.24, 2.45) is 0 Å². The highest BCUT2D eigenvalue weighted by atomic mass is 16.1. The Balaban J connectivity index is 1.83. The van der Waals surface area contributed by atoms with E-state index in [0.29, 0.717) is 17.7 Å². The Morgan fingerprint density at radius 1 is 1.30 bits per heavy atom. The lowest BCUT2D eigenvalue weighted by Gasteiger charge is -2.33. The molecule has 1 aliphatic rings. The molecule has 2 aromatic heterocycles. The van der Waals surface area contributed by atoms with E-state index in [1.165, 1.54) is 0 Å². The minimum Gasteiger partial charge on any atom is -0.301 e. The summed E-state index contributed by atoms with van der Waals surface area (Å²) in [6, 6.07) is 6.11. The van der Waals surface area contributed by atoms with Crippen molar-refractivity contribution < 1.29 is 4.79 Å². The van der Waals surface area contributed by atoms with Gasteiger partial charge in [-0.2, -0.15) is 5.10 Å². The lowest BCUT2D eigenvalue weighted by molar-refractivity contribution is 0.111. The molecule has 3 rings (SSSR count). The molecule has 0 saturated carbocycles. The first-order valence-electron chi connectivity index (χ1n) is 7.24. The van der Waals surface area contributed by atoms with Crippen molar-refractivity contribution in [3.8, 4) is 0 Å². The number of carbonyl (C=O) groups is 1. The predicted octanol–water partition coefficient (Wildman–Crippen LogP) is 2.13. The second-order valence-electron chi connectivity index (χ2n) is 5.71. The first kappa shape index (κ1) is 13.2. The van der Waals surface area contributed by atoms with Gasteiger partial charge in [0.15, 0.2) is 17.8 Å². The maximum absolute atomic E-state index is 11.0. The van der Waals surface area contributed by atoms with Crippen LogP contribution in [-0.2, 0) is 0 Å². The molecule has 0 unspecified atom stereocenters. The summed E-state index contributed by atoms with van der Waals surface area (Å²) in [6.07, 6.45) is 3.00. The third-order valence-corrected chi connectivity index (χ3v) is 4.15. The average Bonchev–Trinajstić information content (AvgIpc) is 2.91. The molecule has 1 fully saturated rings. The fraction of sp³-hybridized carbons (Fsp3) is 0.533. The largest absolute Gasteiger partial charge is 0.301 e. The van der Waals surface area contributed by atoms with E-state index in [4.69, 9.17) is 0 Å². The van der Waals surface area contributed by atoms with Crippen LogP contribution in [-0.4, -0.2) is 44.9 Å². The zero-order chi connectivity index (χ0) is 14.1. The van der Waals surface area contributed by atoms with E-state index < -0.39 is 0 Å². The van der Waals surface area contributed by atoms with Crippen LogP contribution >= 0.6 is 0 Å². The number of hydrogen-bond donors (Lipinski definition) is 0. The van der Waals surface area contributed by atoms with Gasteiger partial charge >= 0.3 is 0 Å². The summed E-state index contributed by atoms with van der Waals surface area (Å²) >= 11 is 0. The monoisotopic (exact) mass is 272 g/mol. The summed E-state index contributed by atoms with van der Waals surface area (Å²) < 4.78 is 1.65. The van der Waals surface area contributed by atoms with Gasteiger partial charge in [0.1, 0.15) is 5.69 Å². The molecule has 0 bridgehead atoms. The molecule has 0 spiro atoms. The number of piperidine rings is 1. The van der Waals surface area contributed by atoms with E-state index in [-0.39, 0.29) is 0 Å². The second kappa shape index (κ2) is 5.32. The number of likely N-dealkylation sites (tertiary alicyclic amines) is 1. The van der Waals surface area contributed by atoms with Gasteiger partial charge in [0.2, 0.25) is 0 Å². The average molecular weight is 272 g/mol. The van der Waals surface area contributed by atoms with Gasteiger partial charge in [0.05, 0.1) is 0 Å². The molecule has 0 aromatic carbocycles. The molecule has 3 heterocycles. The maximum Gasteiger partial charge on any atom is 0.168 e. The van der Waals surface area contributed by atoms with E-state index in [2.05, 4.69) is 28.8 Å². The van der Waals surface area contributed by atoms with Gasteiger partial charge < -0.3 is 4.90 Å². The van der Waals surface area contributed by atoms with Crippen molar-refractivity contribution in [2.45, 2.75) is 38.6 Å². The fourth-order valence-electron chi connectivity index (χ4n) is 2.88. The van der Waals surface area contributed by atoms with E-state index in [1.54, 1.807) is 10.6 Å². The smallest absolute Gasteiger partial charge is 0.168 e. The Bertz CT molecular complexity index is 611. The molecule has 5 heteroatoms. The van der Waals surface area contributed by atoms with Gasteiger partial charge in [0, 0.05) is 12.0 Å². The summed E-state index contributed by atoms with van der Waals surface area (Å²) in [4.78, 5) is 18.1. The van der Waals surface area contributed by atoms with Gasteiger partial charge in [0.25, 0.3) is 0 Å². The third kappa shape index (κ3) is 2.33. The third-order valence-electron chi connectivity index (χ3n) is 4.15. The maximum atomic E-state index is 11.0. The van der Waals surface area contributed by atoms with Gasteiger partial charge in [-0.1, -0.05) is 6.07 Å². The van der Waals surface area contributed by atoms with Gasteiger partial charge in [-0.3, -0.25) is 4.79 Å². The molecule has 1 aliphatic heterocycles. The molecule has 2 aromatic rings. The van der Waals surface area contributed by atoms with Gasteiger partial charge in [-0.05, 0) is 51.9 Å². The Hall–Kier alpha value is -1.75. The molecular formula is C15H20N4O. The van der Waals surface area contributed by atoms with Crippen LogP contribution in [0, 0.1) is 0 Å². The fourth-order valence-corrected chi connectivity index (χ4v) is 2.88. The van der Waals surface area contributed by atoms with Crippen molar-refractivity contribution in [3.63, 3.8) is 0 Å². The number of fused-ring (bicyclic) bond motifs is 1. The zero-order valence-electron chi connectivity index (χ0n) is 12.0. The second-order valence-corrected chi connectivity index (χ2v) is 5.71. The molecule has 106 valence electrons. The minimum atomic E-state index is 0.407. The molecule has 0 aliphatic carbocycles. The Kier molecular flexibility index (Phi) is 3.53. The van der Waals surface area contributed by atoms with E-state index >= 15 is 0 Å². The predicted molar refractivity (Wildman–Crippen MR) is 77.1 cm³/mol. The Labute approximate surface area is 118 Å². The molecule has 0 amide bonds. The summed E-state index contributed by atoms with van der Waals surface area (Å²) in [7, 11) is 0. The molecular weight excluding hydrogens is 252 g/mol. The van der Waals surface area contributed by atoms with Crippen LogP contribution < -0.4 is 0 Å². The van der Waals surface area contributed by atoms with Crippen molar-refractivity contribution in [2.75, 3.05) is 13.1 Å². The van der Waals surface area contributed by atoms with Crippen molar-refractivity contribution in [1.29, 1.82) is 0 Å². The number of carbonyl (C=O) groups excluding carboxylic acids is 1. The zero-order valence-corrected chi connectivity index (χ0v) is 12.0. The summed E-state index contributed by atoms with van der Waals surface area (Å²) in [5.41, 5.74) is 1.32. The minimum absolute atomic E-state index is 0.407. The van der Waals surface area contributed by atoms with Crippen LogP contribution in [0.2, 0.25) is 0 Å². The SMILES string of the molecule is CC(C)N1CCC(c2nc3cccc(C=O)n3n2)CC1. The van der Waals surface area contributed by atoms with Crippen LogP contribution in [0.3, 0.4) is 0 Å². The van der Waals surface area contributed by atoms with Crippen LogP contribution in [0.5, 0.6) is 0 Å². The molecule has 20 heavy (non-hydrogen) atoms. The van der Waals surface area contributed by atoms with Crippen molar-refractivity contribution >= 4 is 11.9 Å².